The van der Waals surface area contributed by atoms with E-state index in [1.165, 1.54) is 0 Å². The van der Waals surface area contributed by atoms with Gasteiger partial charge in [-0.05, 0) is 24.3 Å². The lowest BCUT2D eigenvalue weighted by Crippen LogP contribution is -2.01. The average Bonchev–Trinajstić information content (AvgIpc) is 3.50. The number of halogens is 2. The number of ether oxygens (including phenoxy) is 2. The van der Waals surface area contributed by atoms with E-state index in [0.29, 0.717) is 55.6 Å². The second-order valence-corrected chi connectivity index (χ2v) is 8.05. The fourth-order valence-electron chi connectivity index (χ4n) is 3.63. The van der Waals surface area contributed by atoms with Gasteiger partial charge in [0.05, 0.1) is 41.1 Å². The van der Waals surface area contributed by atoms with E-state index in [0.717, 1.165) is 0 Å². The van der Waals surface area contributed by atoms with Gasteiger partial charge in [0.1, 0.15) is 23.0 Å². The molecule has 178 valence electrons. The Kier molecular flexibility index (Phi) is 6.06. The molecule has 2 N–H and O–H groups in total. The van der Waals surface area contributed by atoms with Crippen LogP contribution >= 0.6 is 23.2 Å². The zero-order chi connectivity index (χ0) is 24.5. The monoisotopic (exact) mass is 511 g/mol. The van der Waals surface area contributed by atoms with Crippen LogP contribution in [-0.2, 0) is 0 Å². The fourth-order valence-corrected chi connectivity index (χ4v) is 4.12. The molecule has 0 bridgehead atoms. The Hall–Kier alpha value is -4.02. The summed E-state index contributed by atoms with van der Waals surface area (Å²) in [4.78, 5) is 9.20. The van der Waals surface area contributed by atoms with Crippen LogP contribution in [0.1, 0.15) is 0 Å². The first-order valence-corrected chi connectivity index (χ1v) is 11.1. The molecule has 10 nitrogen and oxygen atoms in total. The van der Waals surface area contributed by atoms with Crippen molar-refractivity contribution in [2.45, 2.75) is 0 Å². The largest absolute Gasteiger partial charge is 0.497 e. The summed E-state index contributed by atoms with van der Waals surface area (Å²) in [7, 11) is 4.81. The van der Waals surface area contributed by atoms with Gasteiger partial charge in [-0.15, -0.1) is 5.10 Å². The Labute approximate surface area is 209 Å². The summed E-state index contributed by atoms with van der Waals surface area (Å²) in [6.07, 6.45) is 3.48. The lowest BCUT2D eigenvalue weighted by Gasteiger charge is -2.16. The van der Waals surface area contributed by atoms with E-state index in [4.69, 9.17) is 42.1 Å². The summed E-state index contributed by atoms with van der Waals surface area (Å²) < 4.78 is 18.8. The van der Waals surface area contributed by atoms with Gasteiger partial charge in [0.2, 0.25) is 5.78 Å². The molecule has 0 unspecified atom stereocenters. The fraction of sp³-hybridized carbons (Fsp3) is 0.130. The molecule has 0 amide bonds. The van der Waals surface area contributed by atoms with Crippen LogP contribution in [0.15, 0.2) is 53.2 Å². The zero-order valence-corrected chi connectivity index (χ0v) is 20.3. The molecule has 0 saturated heterocycles. The van der Waals surface area contributed by atoms with Gasteiger partial charge in [0.15, 0.2) is 0 Å². The first kappa shape index (κ1) is 22.8. The first-order valence-electron chi connectivity index (χ1n) is 10.4. The maximum atomic E-state index is 6.47. The van der Waals surface area contributed by atoms with Crippen LogP contribution in [0.4, 0.5) is 17.5 Å². The average molecular weight is 512 g/mol. The maximum Gasteiger partial charge on any atom is 0.315 e. The highest BCUT2D eigenvalue weighted by molar-refractivity contribution is 6.39. The minimum absolute atomic E-state index is 0.244. The number of rotatable bonds is 7. The molecule has 3 aromatic heterocycles. The SMILES string of the molecule is CNc1nnc(-c2cc(OC)cc(OC)c2-c2nc3ncccn3c2Nc2c(Cl)cccc2Cl)o1. The van der Waals surface area contributed by atoms with Gasteiger partial charge >= 0.3 is 6.01 Å². The molecule has 0 aliphatic carbocycles. The van der Waals surface area contributed by atoms with Crippen LogP contribution in [0.25, 0.3) is 28.5 Å². The predicted octanol–water partition coefficient (Wildman–Crippen LogP) is 5.56. The zero-order valence-electron chi connectivity index (χ0n) is 18.8. The number of imidazole rings is 1. The second kappa shape index (κ2) is 9.32. The summed E-state index contributed by atoms with van der Waals surface area (Å²) in [6, 6.07) is 10.8. The number of anilines is 3. The van der Waals surface area contributed by atoms with E-state index in [-0.39, 0.29) is 11.9 Å². The van der Waals surface area contributed by atoms with Gasteiger partial charge in [-0.2, -0.15) is 0 Å². The predicted molar refractivity (Wildman–Crippen MR) is 134 cm³/mol. The van der Waals surface area contributed by atoms with Crippen LogP contribution in [0.2, 0.25) is 10.0 Å². The summed E-state index contributed by atoms with van der Waals surface area (Å²) in [5.41, 5.74) is 2.15. The Morgan fingerprint density at radius 1 is 1.03 bits per heavy atom. The topological polar surface area (TPSA) is 112 Å². The van der Waals surface area contributed by atoms with Crippen LogP contribution < -0.4 is 20.1 Å². The minimum Gasteiger partial charge on any atom is -0.497 e. The molecule has 0 saturated carbocycles. The Bertz CT molecular complexity index is 1510. The van der Waals surface area contributed by atoms with Crippen molar-refractivity contribution in [1.29, 1.82) is 0 Å². The van der Waals surface area contributed by atoms with Crippen molar-refractivity contribution in [3.63, 3.8) is 0 Å². The van der Waals surface area contributed by atoms with Crippen LogP contribution in [-0.4, -0.2) is 45.8 Å². The molecule has 35 heavy (non-hydrogen) atoms. The molecular formula is C23H19Cl2N7O3. The summed E-state index contributed by atoms with van der Waals surface area (Å²) in [5, 5.41) is 15.3. The van der Waals surface area contributed by atoms with Crippen molar-refractivity contribution in [1.82, 2.24) is 24.6 Å². The van der Waals surface area contributed by atoms with Crippen LogP contribution in [0.5, 0.6) is 11.5 Å². The van der Waals surface area contributed by atoms with Gasteiger partial charge in [-0.25, -0.2) is 9.97 Å². The van der Waals surface area contributed by atoms with Gasteiger partial charge in [0, 0.05) is 25.5 Å². The number of nitrogens with one attached hydrogen (secondary N) is 2. The molecular weight excluding hydrogens is 493 g/mol. The smallest absolute Gasteiger partial charge is 0.315 e. The Morgan fingerprint density at radius 2 is 1.83 bits per heavy atom. The highest BCUT2D eigenvalue weighted by Gasteiger charge is 2.26. The molecule has 0 aliphatic heterocycles. The Balaban J connectivity index is 1.82. The quantitative estimate of drug-likeness (QED) is 0.290. The van der Waals surface area contributed by atoms with Crippen molar-refractivity contribution in [2.75, 3.05) is 31.9 Å². The first-order chi connectivity index (χ1) is 17.0. The molecule has 5 rings (SSSR count). The van der Waals surface area contributed by atoms with E-state index in [9.17, 15) is 0 Å². The highest BCUT2D eigenvalue weighted by Crippen LogP contribution is 2.46. The van der Waals surface area contributed by atoms with Crippen LogP contribution in [0.3, 0.4) is 0 Å². The minimum atomic E-state index is 0.244. The lowest BCUT2D eigenvalue weighted by atomic mass is 10.0. The maximum absolute atomic E-state index is 6.47. The number of para-hydroxylation sites is 1. The number of benzene rings is 2. The van der Waals surface area contributed by atoms with Crippen molar-refractivity contribution in [2.24, 2.45) is 0 Å². The third-order valence-electron chi connectivity index (χ3n) is 5.25. The van der Waals surface area contributed by atoms with Crippen molar-refractivity contribution in [3.8, 4) is 34.2 Å². The van der Waals surface area contributed by atoms with E-state index >= 15 is 0 Å². The van der Waals surface area contributed by atoms with Gasteiger partial charge in [-0.1, -0.05) is 34.4 Å². The van der Waals surface area contributed by atoms with Crippen molar-refractivity contribution < 1.29 is 13.9 Å². The number of hydrogen-bond donors (Lipinski definition) is 2. The molecule has 2 aromatic carbocycles. The highest BCUT2D eigenvalue weighted by atomic mass is 35.5. The third-order valence-corrected chi connectivity index (χ3v) is 5.88. The third kappa shape index (κ3) is 4.07. The summed E-state index contributed by atoms with van der Waals surface area (Å²) in [5.74, 6) is 2.25. The lowest BCUT2D eigenvalue weighted by molar-refractivity contribution is 0.395. The van der Waals surface area contributed by atoms with Gasteiger partial charge in [0.25, 0.3) is 5.89 Å². The molecule has 0 fully saturated rings. The molecule has 0 radical (unpaired) electrons. The van der Waals surface area contributed by atoms with Crippen molar-refractivity contribution in [3.05, 3.63) is 58.8 Å². The number of aromatic nitrogens is 5. The van der Waals surface area contributed by atoms with E-state index in [1.807, 2.05) is 6.20 Å². The second-order valence-electron chi connectivity index (χ2n) is 7.23. The Morgan fingerprint density at radius 3 is 2.51 bits per heavy atom. The molecule has 0 atom stereocenters. The van der Waals surface area contributed by atoms with Gasteiger partial charge in [-0.3, -0.25) is 4.40 Å². The molecule has 3 heterocycles. The summed E-state index contributed by atoms with van der Waals surface area (Å²) >= 11 is 12.9. The van der Waals surface area contributed by atoms with Crippen molar-refractivity contribution >= 4 is 46.5 Å². The van der Waals surface area contributed by atoms with E-state index < -0.39 is 0 Å². The summed E-state index contributed by atoms with van der Waals surface area (Å²) in [6.45, 7) is 0. The number of methoxy groups -OCH3 is 2. The number of nitrogens with zero attached hydrogens (tertiary/aromatic N) is 5. The molecule has 0 aliphatic rings. The molecule has 12 heteroatoms. The number of fused-ring (bicyclic) bond motifs is 1. The molecule has 0 spiro atoms. The van der Waals surface area contributed by atoms with E-state index in [2.05, 4.69) is 25.8 Å². The number of hydrogen-bond acceptors (Lipinski definition) is 9. The van der Waals surface area contributed by atoms with Crippen LogP contribution in [0, 0.1) is 0 Å². The normalized spacial score (nSPS) is 11.0. The van der Waals surface area contributed by atoms with Gasteiger partial charge < -0.3 is 24.5 Å². The standard InChI is InChI=1S/C23H19Cl2N7O3/c1-26-23-31-30-21(35-23)13-10-12(33-2)11-16(34-3)17(13)19-20(32-9-5-8-27-22(32)29-19)28-18-14(24)6-4-7-15(18)25/h4-11,28H,1-3H3,(H,26,31). The molecule has 5 aromatic rings. The van der Waals surface area contributed by atoms with E-state index in [1.54, 1.807) is 68.3 Å².